The summed E-state index contributed by atoms with van der Waals surface area (Å²) in [5.41, 5.74) is 2.63. The average Bonchev–Trinajstić information content (AvgIpc) is 2.68. The third-order valence-corrected chi connectivity index (χ3v) is 5.46. The van der Waals surface area contributed by atoms with Crippen molar-refractivity contribution in [3.63, 3.8) is 0 Å². The van der Waals surface area contributed by atoms with Crippen LogP contribution in [-0.4, -0.2) is 60.8 Å². The summed E-state index contributed by atoms with van der Waals surface area (Å²) in [6.07, 6.45) is 6.18. The van der Waals surface area contributed by atoms with Crippen LogP contribution in [0.15, 0.2) is 24.3 Å². The van der Waals surface area contributed by atoms with Crippen LogP contribution in [0.25, 0.3) is 0 Å². The van der Waals surface area contributed by atoms with Crippen molar-refractivity contribution in [1.29, 1.82) is 0 Å². The van der Waals surface area contributed by atoms with Crippen LogP contribution in [0, 0.1) is 6.92 Å². The Hall–Kier alpha value is -1.17. The second-order valence-electron chi connectivity index (χ2n) is 7.51. The first kappa shape index (κ1) is 22.1. The largest absolute Gasteiger partial charge is 0.379 e. The molecule has 0 saturated carbocycles. The van der Waals surface area contributed by atoms with Crippen molar-refractivity contribution in [2.24, 2.45) is 0 Å². The molecule has 1 aromatic rings. The Morgan fingerprint density at radius 1 is 1.19 bits per heavy atom. The van der Waals surface area contributed by atoms with Crippen molar-refractivity contribution in [3.8, 4) is 0 Å². The van der Waals surface area contributed by atoms with Gasteiger partial charge in [0.15, 0.2) is 5.11 Å². The number of nitrogens with zero attached hydrogens (tertiary/aromatic N) is 2. The fraction of sp³-hybridized carbons (Fsp3) is 0.682. The van der Waals surface area contributed by atoms with Gasteiger partial charge < -0.3 is 15.0 Å². The molecule has 4 nitrogen and oxygen atoms in total. The van der Waals surface area contributed by atoms with E-state index in [0.717, 1.165) is 64.0 Å². The van der Waals surface area contributed by atoms with E-state index in [1.807, 2.05) is 0 Å². The molecule has 1 aliphatic rings. The topological polar surface area (TPSA) is 27.7 Å². The minimum absolute atomic E-state index is 0.866. The van der Waals surface area contributed by atoms with Crippen LogP contribution in [0.5, 0.6) is 0 Å². The number of ether oxygens (including phenoxy) is 1. The number of morpholine rings is 1. The van der Waals surface area contributed by atoms with Crippen LogP contribution in [0.1, 0.15) is 50.2 Å². The van der Waals surface area contributed by atoms with E-state index in [-0.39, 0.29) is 0 Å². The number of nitrogens with one attached hydrogen (secondary N) is 1. The summed E-state index contributed by atoms with van der Waals surface area (Å²) in [5, 5.41) is 4.39. The Bertz CT molecular complexity index is 546. The minimum Gasteiger partial charge on any atom is -0.379 e. The zero-order chi connectivity index (χ0) is 19.3. The van der Waals surface area contributed by atoms with Gasteiger partial charge in [-0.05, 0) is 37.5 Å². The lowest BCUT2D eigenvalue weighted by Crippen LogP contribution is -2.42. The number of unbranched alkanes of at least 4 members (excludes halogenated alkanes) is 3. The number of hydrogen-bond acceptors (Lipinski definition) is 3. The van der Waals surface area contributed by atoms with E-state index < -0.39 is 0 Å². The second kappa shape index (κ2) is 13.1. The van der Waals surface area contributed by atoms with Gasteiger partial charge >= 0.3 is 0 Å². The van der Waals surface area contributed by atoms with Gasteiger partial charge in [-0.1, -0.05) is 56.0 Å². The molecule has 5 heteroatoms. The van der Waals surface area contributed by atoms with Crippen LogP contribution in [0.4, 0.5) is 0 Å². The van der Waals surface area contributed by atoms with Crippen molar-refractivity contribution in [1.82, 2.24) is 15.1 Å². The summed E-state index contributed by atoms with van der Waals surface area (Å²) < 4.78 is 5.44. The van der Waals surface area contributed by atoms with Gasteiger partial charge in [-0.25, -0.2) is 0 Å². The summed E-state index contributed by atoms with van der Waals surface area (Å²) >= 11 is 5.74. The summed E-state index contributed by atoms with van der Waals surface area (Å²) in [4.78, 5) is 4.83. The lowest BCUT2D eigenvalue weighted by atomic mass is 10.1. The highest BCUT2D eigenvalue weighted by atomic mass is 32.1. The highest BCUT2D eigenvalue weighted by Gasteiger charge is 2.13. The molecule has 2 rings (SSSR count). The molecule has 1 aliphatic heterocycles. The molecule has 1 heterocycles. The molecule has 152 valence electrons. The first-order valence-electron chi connectivity index (χ1n) is 10.6. The van der Waals surface area contributed by atoms with Crippen LogP contribution in [-0.2, 0) is 11.3 Å². The SMILES string of the molecule is CCCCCCNC(=S)N(CCCN1CCOCC1)Cc1cccc(C)c1. The summed E-state index contributed by atoms with van der Waals surface area (Å²) in [7, 11) is 0. The minimum atomic E-state index is 0.866. The fourth-order valence-corrected chi connectivity index (χ4v) is 3.71. The van der Waals surface area contributed by atoms with E-state index in [1.54, 1.807) is 0 Å². The molecular weight excluding hydrogens is 354 g/mol. The Morgan fingerprint density at radius 3 is 2.74 bits per heavy atom. The van der Waals surface area contributed by atoms with E-state index in [2.05, 4.69) is 53.2 Å². The van der Waals surface area contributed by atoms with Crippen molar-refractivity contribution in [2.75, 3.05) is 45.9 Å². The predicted molar refractivity (Wildman–Crippen MR) is 118 cm³/mol. The van der Waals surface area contributed by atoms with Crippen molar-refractivity contribution >= 4 is 17.3 Å². The molecule has 1 fully saturated rings. The second-order valence-corrected chi connectivity index (χ2v) is 7.90. The van der Waals surface area contributed by atoms with Gasteiger partial charge in [0.2, 0.25) is 0 Å². The zero-order valence-corrected chi connectivity index (χ0v) is 18.0. The Morgan fingerprint density at radius 2 is 2.00 bits per heavy atom. The van der Waals surface area contributed by atoms with Gasteiger partial charge in [0.25, 0.3) is 0 Å². The van der Waals surface area contributed by atoms with Crippen LogP contribution >= 0.6 is 12.2 Å². The maximum absolute atomic E-state index is 5.74. The van der Waals surface area contributed by atoms with Gasteiger partial charge in [-0.3, -0.25) is 4.90 Å². The molecule has 1 aromatic carbocycles. The number of thiocarbonyl (C=S) groups is 1. The van der Waals surface area contributed by atoms with Crippen LogP contribution in [0.2, 0.25) is 0 Å². The fourth-order valence-electron chi connectivity index (χ4n) is 3.45. The lowest BCUT2D eigenvalue weighted by molar-refractivity contribution is 0.0367. The van der Waals surface area contributed by atoms with Gasteiger partial charge in [-0.15, -0.1) is 0 Å². The molecular formula is C22H37N3OS. The number of hydrogen-bond donors (Lipinski definition) is 1. The van der Waals surface area contributed by atoms with E-state index in [1.165, 1.54) is 36.8 Å². The molecule has 1 N–H and O–H groups in total. The van der Waals surface area contributed by atoms with E-state index in [9.17, 15) is 0 Å². The molecule has 0 bridgehead atoms. The molecule has 0 radical (unpaired) electrons. The molecule has 0 amide bonds. The number of aryl methyl sites for hydroxylation is 1. The van der Waals surface area contributed by atoms with Gasteiger partial charge in [0.1, 0.15) is 0 Å². The standard InChI is InChI=1S/C22H37N3OS/c1-3-4-5-6-11-23-22(27)25(19-21-10-7-9-20(2)18-21)13-8-12-24-14-16-26-17-15-24/h7,9-10,18H,3-6,8,11-17,19H2,1-2H3,(H,23,27). The first-order valence-corrected chi connectivity index (χ1v) is 11.0. The Labute approximate surface area is 171 Å². The van der Waals surface area contributed by atoms with Gasteiger partial charge in [0.05, 0.1) is 13.2 Å². The molecule has 0 spiro atoms. The third kappa shape index (κ3) is 9.04. The highest BCUT2D eigenvalue weighted by Crippen LogP contribution is 2.10. The maximum atomic E-state index is 5.74. The molecule has 1 saturated heterocycles. The van der Waals surface area contributed by atoms with E-state index in [0.29, 0.717) is 0 Å². The van der Waals surface area contributed by atoms with E-state index >= 15 is 0 Å². The molecule has 0 unspecified atom stereocenters. The van der Waals surface area contributed by atoms with Crippen molar-refractivity contribution in [2.45, 2.75) is 52.5 Å². The van der Waals surface area contributed by atoms with Crippen LogP contribution in [0.3, 0.4) is 0 Å². The summed E-state index contributed by atoms with van der Waals surface area (Å²) in [5.74, 6) is 0. The van der Waals surface area contributed by atoms with Crippen LogP contribution < -0.4 is 5.32 Å². The normalized spacial score (nSPS) is 14.9. The number of benzene rings is 1. The van der Waals surface area contributed by atoms with Crippen molar-refractivity contribution < 1.29 is 4.74 Å². The Balaban J connectivity index is 1.83. The smallest absolute Gasteiger partial charge is 0.169 e. The maximum Gasteiger partial charge on any atom is 0.169 e. The molecule has 0 aliphatic carbocycles. The average molecular weight is 392 g/mol. The number of rotatable bonds is 11. The monoisotopic (exact) mass is 391 g/mol. The lowest BCUT2D eigenvalue weighted by Gasteiger charge is -2.29. The third-order valence-electron chi connectivity index (χ3n) is 5.06. The Kier molecular flexibility index (Phi) is 10.7. The zero-order valence-electron chi connectivity index (χ0n) is 17.2. The summed E-state index contributed by atoms with van der Waals surface area (Å²) in [6.45, 7) is 12.2. The molecule has 27 heavy (non-hydrogen) atoms. The predicted octanol–water partition coefficient (Wildman–Crippen LogP) is 3.97. The highest BCUT2D eigenvalue weighted by molar-refractivity contribution is 7.80. The van der Waals surface area contributed by atoms with Crippen molar-refractivity contribution in [3.05, 3.63) is 35.4 Å². The quantitative estimate of drug-likeness (QED) is 0.455. The van der Waals surface area contributed by atoms with E-state index in [4.69, 9.17) is 17.0 Å². The molecule has 0 aromatic heterocycles. The van der Waals surface area contributed by atoms with Gasteiger partial charge in [0, 0.05) is 39.3 Å². The van der Waals surface area contributed by atoms with Gasteiger partial charge in [-0.2, -0.15) is 0 Å². The molecule has 0 atom stereocenters. The first-order chi connectivity index (χ1) is 13.2. The summed E-state index contributed by atoms with van der Waals surface area (Å²) in [6, 6.07) is 8.75.